The number of carbonyl (C=O) groups excluding carboxylic acids is 1. The molecule has 0 unspecified atom stereocenters. The predicted molar refractivity (Wildman–Crippen MR) is 71.3 cm³/mol. The van der Waals surface area contributed by atoms with Gasteiger partial charge in [-0.2, -0.15) is 4.79 Å². The molecule has 4 nitrogen and oxygen atoms in total. The molecule has 19 heavy (non-hydrogen) atoms. The van der Waals surface area contributed by atoms with E-state index in [2.05, 4.69) is 9.78 Å². The number of hydrogen-bond donors (Lipinski definition) is 0. The number of fused-ring (bicyclic) bond motifs is 1. The Morgan fingerprint density at radius 1 is 0.895 bits per heavy atom. The van der Waals surface area contributed by atoms with Gasteiger partial charge in [-0.1, -0.05) is 48.5 Å². The number of nitrogens with zero attached hydrogens (tertiary/aromatic N) is 3. The van der Waals surface area contributed by atoms with Crippen LogP contribution in [-0.2, 0) is 4.79 Å². The number of benzene rings is 2. The van der Waals surface area contributed by atoms with Crippen LogP contribution in [0.2, 0.25) is 0 Å². The fraction of sp³-hybridized carbons (Fsp3) is 0. The minimum atomic E-state index is -0.528. The summed E-state index contributed by atoms with van der Waals surface area (Å²) in [4.78, 5) is 19.0. The highest BCUT2D eigenvalue weighted by Crippen LogP contribution is 2.20. The Bertz CT molecular complexity index is 741. The highest BCUT2D eigenvalue weighted by atomic mass is 16.1. The molecule has 0 spiro atoms. The molecule has 0 saturated heterocycles. The van der Waals surface area contributed by atoms with Crippen molar-refractivity contribution in [1.82, 2.24) is 0 Å². The highest BCUT2D eigenvalue weighted by Gasteiger charge is 2.32. The van der Waals surface area contributed by atoms with E-state index in [-0.39, 0.29) is 5.71 Å². The lowest BCUT2D eigenvalue weighted by Crippen LogP contribution is -2.25. The number of amides is 1. The predicted octanol–water partition coefficient (Wildman–Crippen LogP) is 2.08. The Hall–Kier alpha value is -2.84. The molecule has 0 N–H and O–H groups in total. The third kappa shape index (κ3) is 1.80. The molecule has 1 heterocycles. The van der Waals surface area contributed by atoms with Gasteiger partial charge in [0.2, 0.25) is 0 Å². The van der Waals surface area contributed by atoms with Crippen LogP contribution < -0.4 is 0 Å². The third-order valence-electron chi connectivity index (χ3n) is 3.00. The topological polar surface area (TPSA) is 65.8 Å². The van der Waals surface area contributed by atoms with Crippen LogP contribution in [0.3, 0.4) is 0 Å². The van der Waals surface area contributed by atoms with E-state index in [0.717, 1.165) is 11.1 Å². The molecule has 0 aliphatic carbocycles. The second-order valence-corrected chi connectivity index (χ2v) is 4.13. The average Bonchev–Trinajstić information content (AvgIpc) is 2.47. The zero-order valence-corrected chi connectivity index (χ0v) is 9.95. The summed E-state index contributed by atoms with van der Waals surface area (Å²) in [6.45, 7) is 0. The normalized spacial score (nSPS) is 13.6. The Morgan fingerprint density at radius 3 is 2.21 bits per heavy atom. The second kappa shape index (κ2) is 4.44. The fourth-order valence-electron chi connectivity index (χ4n) is 2.14. The van der Waals surface area contributed by atoms with Gasteiger partial charge in [0.1, 0.15) is 0 Å². The average molecular weight is 247 g/mol. The van der Waals surface area contributed by atoms with E-state index in [1.165, 1.54) is 0 Å². The molecule has 0 fully saturated rings. The lowest BCUT2D eigenvalue weighted by Gasteiger charge is -2.12. The van der Waals surface area contributed by atoms with E-state index in [4.69, 9.17) is 5.53 Å². The molecule has 4 heteroatoms. The summed E-state index contributed by atoms with van der Waals surface area (Å²) in [6.07, 6.45) is 0. The standard InChI is InChI=1S/C15H9N3O/c16-18-14-12-9-5-4-8-11(12)13(17-15(14)19)10-6-2-1-3-7-10/h1-9H. The van der Waals surface area contributed by atoms with E-state index in [0.29, 0.717) is 11.3 Å². The van der Waals surface area contributed by atoms with E-state index >= 15 is 0 Å². The Labute approximate surface area is 109 Å². The largest absolute Gasteiger partial charge is 0.389 e. The van der Waals surface area contributed by atoms with Crippen LogP contribution in [0, 0.1) is 0 Å². The number of aliphatic imine (C=N–C) groups is 1. The number of hydrogen-bond acceptors (Lipinski definition) is 1. The summed E-state index contributed by atoms with van der Waals surface area (Å²) < 4.78 is 0. The highest BCUT2D eigenvalue weighted by molar-refractivity contribution is 6.49. The van der Waals surface area contributed by atoms with Gasteiger partial charge < -0.3 is 5.53 Å². The van der Waals surface area contributed by atoms with Crippen molar-refractivity contribution < 1.29 is 9.58 Å². The van der Waals surface area contributed by atoms with E-state index in [1.54, 1.807) is 12.1 Å². The fourth-order valence-corrected chi connectivity index (χ4v) is 2.14. The lowest BCUT2D eigenvalue weighted by atomic mass is 9.92. The van der Waals surface area contributed by atoms with E-state index in [9.17, 15) is 4.79 Å². The molecule has 0 atom stereocenters. The van der Waals surface area contributed by atoms with Gasteiger partial charge >= 0.3 is 11.6 Å². The van der Waals surface area contributed by atoms with Gasteiger partial charge in [0.05, 0.1) is 11.3 Å². The van der Waals surface area contributed by atoms with Crippen LogP contribution in [0.5, 0.6) is 0 Å². The molecule has 0 saturated carbocycles. The van der Waals surface area contributed by atoms with Gasteiger partial charge in [-0.15, -0.1) is 0 Å². The Morgan fingerprint density at radius 2 is 1.53 bits per heavy atom. The number of rotatable bonds is 1. The van der Waals surface area contributed by atoms with Crippen molar-refractivity contribution in [2.24, 2.45) is 4.99 Å². The van der Waals surface area contributed by atoms with Crippen LogP contribution in [0.25, 0.3) is 5.53 Å². The lowest BCUT2D eigenvalue weighted by molar-refractivity contribution is -0.115. The maximum atomic E-state index is 11.9. The van der Waals surface area contributed by atoms with Crippen molar-refractivity contribution in [2.75, 3.05) is 0 Å². The summed E-state index contributed by atoms with van der Waals surface area (Å²) >= 11 is 0. The zero-order chi connectivity index (χ0) is 13.2. The Balaban J connectivity index is 2.28. The van der Waals surface area contributed by atoms with Gasteiger partial charge in [-0.25, -0.2) is 4.99 Å². The quantitative estimate of drug-likeness (QED) is 0.562. The molecule has 0 bridgehead atoms. The summed E-state index contributed by atoms with van der Waals surface area (Å²) in [6, 6.07) is 16.7. The molecular formula is C15H9N3O. The van der Waals surface area contributed by atoms with Crippen molar-refractivity contribution in [2.45, 2.75) is 0 Å². The minimum Gasteiger partial charge on any atom is -0.361 e. The van der Waals surface area contributed by atoms with E-state index in [1.807, 2.05) is 42.5 Å². The first kappa shape index (κ1) is 11.3. The van der Waals surface area contributed by atoms with Crippen molar-refractivity contribution in [3.8, 4) is 0 Å². The van der Waals surface area contributed by atoms with Gasteiger partial charge in [0, 0.05) is 11.1 Å². The third-order valence-corrected chi connectivity index (χ3v) is 3.00. The first-order chi connectivity index (χ1) is 9.31. The molecular weight excluding hydrogens is 238 g/mol. The second-order valence-electron chi connectivity index (χ2n) is 4.13. The summed E-state index contributed by atoms with van der Waals surface area (Å²) in [7, 11) is 0. The van der Waals surface area contributed by atoms with Crippen molar-refractivity contribution >= 4 is 17.3 Å². The maximum Gasteiger partial charge on any atom is 0.389 e. The molecule has 1 amide bonds. The monoisotopic (exact) mass is 247 g/mol. The van der Waals surface area contributed by atoms with Crippen LogP contribution in [0.4, 0.5) is 0 Å². The molecule has 2 aromatic carbocycles. The zero-order valence-electron chi connectivity index (χ0n) is 9.95. The van der Waals surface area contributed by atoms with Gasteiger partial charge in [0.25, 0.3) is 0 Å². The summed E-state index contributed by atoms with van der Waals surface area (Å²) in [5.41, 5.74) is 11.8. The minimum absolute atomic E-state index is 0.0183. The Kier molecular flexibility index (Phi) is 2.63. The molecule has 0 radical (unpaired) electrons. The van der Waals surface area contributed by atoms with Gasteiger partial charge in [-0.3, -0.25) is 4.79 Å². The van der Waals surface area contributed by atoms with E-state index < -0.39 is 5.91 Å². The summed E-state index contributed by atoms with van der Waals surface area (Å²) in [5, 5.41) is 0. The SMILES string of the molecule is [N-]=[N+]=C1C(=O)N=C(c2ccccc2)c2ccccc21. The first-order valence-electron chi connectivity index (χ1n) is 5.81. The van der Waals surface area contributed by atoms with Crippen molar-refractivity contribution in [3.63, 3.8) is 0 Å². The summed E-state index contributed by atoms with van der Waals surface area (Å²) in [5.74, 6) is -0.528. The van der Waals surface area contributed by atoms with Crippen molar-refractivity contribution in [1.29, 1.82) is 0 Å². The van der Waals surface area contributed by atoms with Gasteiger partial charge in [0.15, 0.2) is 0 Å². The van der Waals surface area contributed by atoms with Crippen LogP contribution in [-0.4, -0.2) is 22.1 Å². The van der Waals surface area contributed by atoms with Crippen LogP contribution >= 0.6 is 0 Å². The van der Waals surface area contributed by atoms with Crippen LogP contribution in [0.1, 0.15) is 16.7 Å². The molecule has 3 rings (SSSR count). The first-order valence-corrected chi connectivity index (χ1v) is 5.81. The van der Waals surface area contributed by atoms with Gasteiger partial charge in [-0.05, 0) is 6.07 Å². The van der Waals surface area contributed by atoms with Crippen molar-refractivity contribution in [3.05, 3.63) is 76.8 Å². The molecule has 2 aromatic rings. The smallest absolute Gasteiger partial charge is 0.361 e. The van der Waals surface area contributed by atoms with Crippen LogP contribution in [0.15, 0.2) is 59.6 Å². The molecule has 1 aliphatic heterocycles. The maximum absolute atomic E-state index is 11.9. The molecule has 1 aliphatic rings. The molecule has 90 valence electrons. The number of carbonyl (C=O) groups is 1. The molecule has 0 aromatic heterocycles.